The molecule has 0 aromatic heterocycles. The van der Waals surface area contributed by atoms with Crippen LogP contribution in [-0.2, 0) is 21.2 Å². The van der Waals surface area contributed by atoms with Crippen LogP contribution in [-0.4, -0.2) is 37.9 Å². The molecule has 29 heavy (non-hydrogen) atoms. The van der Waals surface area contributed by atoms with Gasteiger partial charge in [0.2, 0.25) is 10.0 Å². The highest BCUT2D eigenvalue weighted by Gasteiger charge is 2.18. The Balaban J connectivity index is 2.08. The molecule has 0 radical (unpaired) electrons. The van der Waals surface area contributed by atoms with Gasteiger partial charge in [-0.15, -0.1) is 0 Å². The Labute approximate surface area is 168 Å². The predicted molar refractivity (Wildman–Crippen MR) is 107 cm³/mol. The zero-order valence-electron chi connectivity index (χ0n) is 16.1. The van der Waals surface area contributed by atoms with Crippen molar-refractivity contribution in [3.63, 3.8) is 0 Å². The Morgan fingerprint density at radius 2 is 1.76 bits per heavy atom. The molecule has 3 aromatic rings. The van der Waals surface area contributed by atoms with E-state index in [-0.39, 0.29) is 11.3 Å². The van der Waals surface area contributed by atoms with E-state index in [1.165, 1.54) is 50.5 Å². The maximum absolute atomic E-state index is 13.8. The summed E-state index contributed by atoms with van der Waals surface area (Å²) in [6.45, 7) is 1.71. The van der Waals surface area contributed by atoms with E-state index in [0.717, 1.165) is 4.31 Å². The van der Waals surface area contributed by atoms with Crippen molar-refractivity contribution >= 4 is 26.8 Å². The minimum Gasteiger partial charge on any atom is -0.481 e. The van der Waals surface area contributed by atoms with Crippen molar-refractivity contribution in [1.82, 2.24) is 4.31 Å². The van der Waals surface area contributed by atoms with E-state index < -0.39 is 21.8 Å². The molecule has 0 spiro atoms. The smallest absolute Gasteiger partial charge is 0.307 e. The van der Waals surface area contributed by atoms with Crippen LogP contribution < -0.4 is 4.74 Å². The Bertz CT molecular complexity index is 1190. The second-order valence-electron chi connectivity index (χ2n) is 6.79. The Kier molecular flexibility index (Phi) is 5.59. The second-order valence-corrected chi connectivity index (χ2v) is 8.94. The lowest BCUT2D eigenvalue weighted by Crippen LogP contribution is -2.22. The number of carboxylic acids is 1. The third-order valence-electron chi connectivity index (χ3n) is 4.58. The highest BCUT2D eigenvalue weighted by atomic mass is 32.2. The van der Waals surface area contributed by atoms with Crippen molar-refractivity contribution in [1.29, 1.82) is 0 Å². The number of hydrogen-bond donors (Lipinski definition) is 1. The molecule has 0 aliphatic carbocycles. The van der Waals surface area contributed by atoms with Crippen molar-refractivity contribution in [2.75, 3.05) is 14.1 Å². The van der Waals surface area contributed by atoms with Gasteiger partial charge >= 0.3 is 5.97 Å². The fourth-order valence-corrected chi connectivity index (χ4v) is 3.88. The molecule has 3 rings (SSSR count). The predicted octanol–water partition coefficient (Wildman–Crippen LogP) is 3.96. The molecule has 0 fully saturated rings. The fourth-order valence-electron chi connectivity index (χ4n) is 2.98. The van der Waals surface area contributed by atoms with Gasteiger partial charge in [-0.05, 0) is 59.8 Å². The zero-order valence-corrected chi connectivity index (χ0v) is 17.0. The minimum atomic E-state index is -3.57. The first-order valence-electron chi connectivity index (χ1n) is 8.73. The third-order valence-corrected chi connectivity index (χ3v) is 6.41. The molecule has 0 heterocycles. The number of benzene rings is 3. The number of ether oxygens (including phenoxy) is 1. The summed E-state index contributed by atoms with van der Waals surface area (Å²) in [7, 11) is -0.688. The molecule has 152 valence electrons. The first-order valence-corrected chi connectivity index (χ1v) is 10.2. The van der Waals surface area contributed by atoms with Gasteiger partial charge in [-0.25, -0.2) is 17.1 Å². The lowest BCUT2D eigenvalue weighted by atomic mass is 9.98. The minimum absolute atomic E-state index is 0.113. The summed E-state index contributed by atoms with van der Waals surface area (Å²) in [4.78, 5) is 11.3. The monoisotopic (exact) mass is 417 g/mol. The Morgan fingerprint density at radius 3 is 2.34 bits per heavy atom. The third kappa shape index (κ3) is 4.23. The molecule has 6 nitrogen and oxygen atoms in total. The molecule has 0 atom stereocenters. The van der Waals surface area contributed by atoms with Gasteiger partial charge in [-0.1, -0.05) is 12.1 Å². The van der Waals surface area contributed by atoms with Crippen LogP contribution in [0.3, 0.4) is 0 Å². The Hall–Kier alpha value is -2.97. The van der Waals surface area contributed by atoms with Crippen molar-refractivity contribution in [2.45, 2.75) is 18.2 Å². The summed E-state index contributed by atoms with van der Waals surface area (Å²) < 4.78 is 45.3. The average Bonchev–Trinajstić information content (AvgIpc) is 2.65. The van der Waals surface area contributed by atoms with Gasteiger partial charge in [-0.3, -0.25) is 4.79 Å². The second kappa shape index (κ2) is 7.81. The quantitative estimate of drug-likeness (QED) is 0.656. The van der Waals surface area contributed by atoms with Crippen molar-refractivity contribution in [3.05, 3.63) is 65.5 Å². The van der Waals surface area contributed by atoms with E-state index in [1.54, 1.807) is 19.1 Å². The molecule has 0 saturated heterocycles. The van der Waals surface area contributed by atoms with Crippen molar-refractivity contribution in [3.8, 4) is 11.5 Å². The van der Waals surface area contributed by atoms with E-state index in [0.29, 0.717) is 33.4 Å². The van der Waals surface area contributed by atoms with Crippen LogP contribution in [0, 0.1) is 12.7 Å². The highest BCUT2D eigenvalue weighted by Crippen LogP contribution is 2.36. The summed E-state index contributed by atoms with van der Waals surface area (Å²) in [6, 6.07) is 11.7. The van der Waals surface area contributed by atoms with E-state index in [2.05, 4.69) is 0 Å². The topological polar surface area (TPSA) is 83.9 Å². The summed E-state index contributed by atoms with van der Waals surface area (Å²) in [6.07, 6.45) is -0.199. The number of sulfonamides is 1. The van der Waals surface area contributed by atoms with Crippen molar-refractivity contribution in [2.24, 2.45) is 0 Å². The first-order chi connectivity index (χ1) is 13.6. The number of carboxylic acid groups (broad SMARTS) is 1. The van der Waals surface area contributed by atoms with Crippen LogP contribution in [0.15, 0.2) is 53.4 Å². The maximum atomic E-state index is 13.8. The molecular formula is C21H20FNO5S. The molecule has 3 aromatic carbocycles. The zero-order chi connectivity index (χ0) is 21.3. The summed E-state index contributed by atoms with van der Waals surface area (Å²) in [5, 5.41) is 10.3. The standard InChI is InChI=1S/C21H20FNO5S/c1-13-15(11-20(24)25)10-14-4-5-16(22)12-19(14)21(13)28-17-6-8-18(9-7-17)29(26,27)23(2)3/h4-10,12H,11H2,1-3H3,(H,24,25). The lowest BCUT2D eigenvalue weighted by Gasteiger charge is -2.16. The molecule has 0 bridgehead atoms. The number of carbonyl (C=O) groups is 1. The van der Waals surface area contributed by atoms with Gasteiger partial charge in [0.15, 0.2) is 0 Å². The van der Waals surface area contributed by atoms with Crippen LogP contribution in [0.4, 0.5) is 4.39 Å². The Morgan fingerprint density at radius 1 is 1.10 bits per heavy atom. The van der Waals surface area contributed by atoms with Crippen LogP contribution in [0.1, 0.15) is 11.1 Å². The van der Waals surface area contributed by atoms with Crippen LogP contribution in [0.2, 0.25) is 0 Å². The van der Waals surface area contributed by atoms with Gasteiger partial charge in [0.1, 0.15) is 17.3 Å². The van der Waals surface area contributed by atoms with E-state index >= 15 is 0 Å². The normalized spacial score (nSPS) is 11.8. The molecular weight excluding hydrogens is 397 g/mol. The summed E-state index contributed by atoms with van der Waals surface area (Å²) in [5.41, 5.74) is 1.13. The van der Waals surface area contributed by atoms with Crippen LogP contribution in [0.25, 0.3) is 10.8 Å². The molecule has 0 unspecified atom stereocenters. The van der Waals surface area contributed by atoms with E-state index in [9.17, 15) is 22.7 Å². The molecule has 0 aliphatic rings. The first kappa shape index (κ1) is 20.8. The molecule has 8 heteroatoms. The number of fused-ring (bicyclic) bond motifs is 1. The number of hydrogen-bond acceptors (Lipinski definition) is 4. The maximum Gasteiger partial charge on any atom is 0.307 e. The van der Waals surface area contributed by atoms with Crippen molar-refractivity contribution < 1.29 is 27.4 Å². The van der Waals surface area contributed by atoms with Gasteiger partial charge < -0.3 is 9.84 Å². The number of nitrogens with zero attached hydrogens (tertiary/aromatic N) is 1. The number of rotatable bonds is 6. The summed E-state index contributed by atoms with van der Waals surface area (Å²) in [5.74, 6) is -0.746. The van der Waals surface area contributed by atoms with Gasteiger partial charge in [0, 0.05) is 19.5 Å². The summed E-state index contributed by atoms with van der Waals surface area (Å²) >= 11 is 0. The SMILES string of the molecule is Cc1c(CC(=O)O)cc2ccc(F)cc2c1Oc1ccc(S(=O)(=O)N(C)C)cc1. The van der Waals surface area contributed by atoms with Crippen LogP contribution >= 0.6 is 0 Å². The number of aliphatic carboxylic acids is 1. The molecule has 0 aliphatic heterocycles. The van der Waals surface area contributed by atoms with Crippen LogP contribution in [0.5, 0.6) is 11.5 Å². The highest BCUT2D eigenvalue weighted by molar-refractivity contribution is 7.89. The van der Waals surface area contributed by atoms with E-state index in [1.807, 2.05) is 0 Å². The van der Waals surface area contributed by atoms with Gasteiger partial charge in [0.25, 0.3) is 0 Å². The fraction of sp³-hybridized carbons (Fsp3) is 0.190. The van der Waals surface area contributed by atoms with Gasteiger partial charge in [0.05, 0.1) is 11.3 Å². The molecule has 0 amide bonds. The largest absolute Gasteiger partial charge is 0.481 e. The van der Waals surface area contributed by atoms with Gasteiger partial charge in [-0.2, -0.15) is 0 Å². The molecule has 0 saturated carbocycles. The average molecular weight is 417 g/mol. The number of halogens is 1. The lowest BCUT2D eigenvalue weighted by molar-refractivity contribution is -0.136. The van der Waals surface area contributed by atoms with E-state index in [4.69, 9.17) is 4.74 Å². The molecule has 1 N–H and O–H groups in total.